The number of carbonyl (C=O) groups is 1. The number of hydrogen-bond donors (Lipinski definition) is 1. The maximum Gasteiger partial charge on any atom is 0.224 e. The first kappa shape index (κ1) is 13.9. The van der Waals surface area contributed by atoms with Gasteiger partial charge in [-0.1, -0.05) is 0 Å². The molecule has 1 aliphatic heterocycles. The second kappa shape index (κ2) is 7.15. The van der Waals surface area contributed by atoms with Gasteiger partial charge in [-0.25, -0.2) is 4.68 Å². The summed E-state index contributed by atoms with van der Waals surface area (Å²) in [4.78, 5) is 14.2. The Hall–Kier alpha value is -1.54. The summed E-state index contributed by atoms with van der Waals surface area (Å²) < 4.78 is 6.64. The predicted molar refractivity (Wildman–Crippen MR) is 67.2 cm³/mol. The van der Waals surface area contributed by atoms with Crippen LogP contribution in [0.3, 0.4) is 0 Å². The number of nitrogens with zero attached hydrogens (tertiary/aromatic N) is 5. The number of nitrogens with one attached hydrogen (secondary N) is 1. The van der Waals surface area contributed by atoms with Crippen LogP contribution in [-0.2, 0) is 16.1 Å². The molecule has 1 N–H and O–H groups in total. The summed E-state index contributed by atoms with van der Waals surface area (Å²) in [6.45, 7) is 4.55. The highest BCUT2D eigenvalue weighted by Gasteiger charge is 2.27. The van der Waals surface area contributed by atoms with Gasteiger partial charge in [-0.2, -0.15) is 0 Å². The van der Waals surface area contributed by atoms with Crippen LogP contribution in [0.5, 0.6) is 0 Å². The Kier molecular flexibility index (Phi) is 5.22. The van der Waals surface area contributed by atoms with E-state index in [4.69, 9.17) is 4.74 Å². The summed E-state index contributed by atoms with van der Waals surface area (Å²) in [6, 6.07) is 0. The largest absolute Gasteiger partial charge is 0.383 e. The Morgan fingerprint density at radius 2 is 2.42 bits per heavy atom. The number of tetrazole rings is 1. The third kappa shape index (κ3) is 4.25. The van der Waals surface area contributed by atoms with Gasteiger partial charge in [-0.15, -0.1) is 5.10 Å². The molecule has 0 spiro atoms. The number of methoxy groups -OCH3 is 1. The van der Waals surface area contributed by atoms with Gasteiger partial charge in [0.15, 0.2) is 0 Å². The van der Waals surface area contributed by atoms with Crippen molar-refractivity contribution in [3.05, 3.63) is 6.33 Å². The van der Waals surface area contributed by atoms with Crippen molar-refractivity contribution in [3.63, 3.8) is 0 Å². The van der Waals surface area contributed by atoms with Gasteiger partial charge in [0.05, 0.1) is 19.1 Å². The van der Waals surface area contributed by atoms with E-state index in [-0.39, 0.29) is 11.8 Å². The minimum atomic E-state index is 0.0886. The molecule has 0 unspecified atom stereocenters. The van der Waals surface area contributed by atoms with Crippen molar-refractivity contribution < 1.29 is 9.53 Å². The quantitative estimate of drug-likeness (QED) is 0.665. The predicted octanol–water partition coefficient (Wildman–Crippen LogP) is -1.24. The van der Waals surface area contributed by atoms with Crippen molar-refractivity contribution in [2.24, 2.45) is 5.92 Å². The second-order valence-electron chi connectivity index (χ2n) is 4.64. The molecule has 1 fully saturated rings. The van der Waals surface area contributed by atoms with Gasteiger partial charge < -0.3 is 15.0 Å². The number of rotatable bonds is 7. The normalized spacial score (nSPS) is 19.7. The Morgan fingerprint density at radius 1 is 1.53 bits per heavy atom. The van der Waals surface area contributed by atoms with Gasteiger partial charge in [0.25, 0.3) is 0 Å². The van der Waals surface area contributed by atoms with Crippen LogP contribution in [0, 0.1) is 5.92 Å². The molecule has 19 heavy (non-hydrogen) atoms. The van der Waals surface area contributed by atoms with Gasteiger partial charge >= 0.3 is 0 Å². The third-order valence-corrected chi connectivity index (χ3v) is 3.29. The monoisotopic (exact) mass is 268 g/mol. The van der Waals surface area contributed by atoms with Crippen LogP contribution in [0.15, 0.2) is 6.33 Å². The minimum absolute atomic E-state index is 0.0886. The van der Waals surface area contributed by atoms with Gasteiger partial charge in [-0.3, -0.25) is 4.79 Å². The van der Waals surface area contributed by atoms with Gasteiger partial charge in [0.1, 0.15) is 6.33 Å². The number of aromatic nitrogens is 4. The molecule has 0 bridgehead atoms. The number of ether oxygens (including phenoxy) is 1. The summed E-state index contributed by atoms with van der Waals surface area (Å²) in [6.07, 6.45) is 2.45. The summed E-state index contributed by atoms with van der Waals surface area (Å²) in [5, 5.41) is 13.7. The van der Waals surface area contributed by atoms with Crippen molar-refractivity contribution in [3.8, 4) is 0 Å². The fraction of sp³-hybridized carbons (Fsp3) is 0.818. The molecule has 0 aliphatic carbocycles. The van der Waals surface area contributed by atoms with Crippen LogP contribution in [0.4, 0.5) is 0 Å². The van der Waals surface area contributed by atoms with E-state index in [1.807, 2.05) is 0 Å². The molecule has 0 saturated carbocycles. The second-order valence-corrected chi connectivity index (χ2v) is 4.64. The summed E-state index contributed by atoms with van der Waals surface area (Å²) in [5.41, 5.74) is 0. The van der Waals surface area contributed by atoms with Crippen LogP contribution < -0.4 is 5.32 Å². The highest BCUT2D eigenvalue weighted by Crippen LogP contribution is 2.15. The van der Waals surface area contributed by atoms with E-state index in [2.05, 4.69) is 25.7 Å². The first-order valence-electron chi connectivity index (χ1n) is 6.49. The van der Waals surface area contributed by atoms with Gasteiger partial charge in [0.2, 0.25) is 5.91 Å². The number of carbonyl (C=O) groups excluding carboxylic acids is 1. The number of hydrogen-bond acceptors (Lipinski definition) is 6. The zero-order valence-corrected chi connectivity index (χ0v) is 11.2. The van der Waals surface area contributed by atoms with Crippen molar-refractivity contribution in [1.82, 2.24) is 30.4 Å². The Balaban J connectivity index is 1.64. The van der Waals surface area contributed by atoms with Crippen LogP contribution in [0.2, 0.25) is 0 Å². The van der Waals surface area contributed by atoms with Crippen LogP contribution in [0.25, 0.3) is 0 Å². The molecule has 8 nitrogen and oxygen atoms in total. The minimum Gasteiger partial charge on any atom is -0.383 e. The van der Waals surface area contributed by atoms with E-state index in [0.29, 0.717) is 19.7 Å². The maximum atomic E-state index is 12.0. The highest BCUT2D eigenvalue weighted by molar-refractivity contribution is 5.79. The molecule has 1 aromatic heterocycles. The summed E-state index contributed by atoms with van der Waals surface area (Å²) >= 11 is 0. The summed E-state index contributed by atoms with van der Waals surface area (Å²) in [7, 11) is 1.69. The van der Waals surface area contributed by atoms with E-state index in [9.17, 15) is 4.79 Å². The molecule has 0 radical (unpaired) electrons. The van der Waals surface area contributed by atoms with Gasteiger partial charge in [0, 0.05) is 26.7 Å². The SMILES string of the molecule is COCCN1CC[C@@H](C(=O)NCCn2cnnn2)C1. The number of likely N-dealkylation sites (tertiary alicyclic amines) is 1. The van der Waals surface area contributed by atoms with Crippen molar-refractivity contribution in [2.45, 2.75) is 13.0 Å². The molecule has 1 amide bonds. The van der Waals surface area contributed by atoms with Crippen molar-refractivity contribution in [1.29, 1.82) is 0 Å². The zero-order valence-electron chi connectivity index (χ0n) is 11.2. The first-order valence-corrected chi connectivity index (χ1v) is 6.49. The molecular weight excluding hydrogens is 248 g/mol. The lowest BCUT2D eigenvalue weighted by Crippen LogP contribution is -2.35. The Morgan fingerprint density at radius 3 is 3.16 bits per heavy atom. The highest BCUT2D eigenvalue weighted by atomic mass is 16.5. The molecule has 2 rings (SSSR count). The lowest BCUT2D eigenvalue weighted by atomic mass is 10.1. The zero-order chi connectivity index (χ0) is 13.5. The third-order valence-electron chi connectivity index (χ3n) is 3.29. The molecule has 8 heteroatoms. The van der Waals surface area contributed by atoms with E-state index < -0.39 is 0 Å². The lowest BCUT2D eigenvalue weighted by molar-refractivity contribution is -0.124. The van der Waals surface area contributed by atoms with E-state index in [0.717, 1.165) is 26.1 Å². The van der Waals surface area contributed by atoms with Crippen LogP contribution >= 0.6 is 0 Å². The topological polar surface area (TPSA) is 85.2 Å². The smallest absolute Gasteiger partial charge is 0.224 e. The molecular formula is C11H20N6O2. The Labute approximate surface area is 112 Å². The maximum absolute atomic E-state index is 12.0. The standard InChI is InChI=1S/C11H20N6O2/c1-19-7-6-16-4-2-10(8-16)11(18)12-3-5-17-9-13-14-15-17/h9-10H,2-8H2,1H3,(H,12,18)/t10-/m1/s1. The van der Waals surface area contributed by atoms with Crippen molar-refractivity contribution >= 4 is 5.91 Å². The average molecular weight is 268 g/mol. The van der Waals surface area contributed by atoms with E-state index in [1.54, 1.807) is 11.8 Å². The van der Waals surface area contributed by atoms with Crippen molar-refractivity contribution in [2.75, 3.05) is 39.9 Å². The molecule has 1 aliphatic rings. The lowest BCUT2D eigenvalue weighted by Gasteiger charge is -2.15. The molecule has 1 saturated heterocycles. The fourth-order valence-electron chi connectivity index (χ4n) is 2.19. The van der Waals surface area contributed by atoms with Crippen LogP contribution in [0.1, 0.15) is 6.42 Å². The van der Waals surface area contributed by atoms with E-state index in [1.165, 1.54) is 6.33 Å². The molecule has 0 aromatic carbocycles. The average Bonchev–Trinajstić information content (AvgIpc) is 3.07. The molecule has 106 valence electrons. The van der Waals surface area contributed by atoms with E-state index >= 15 is 0 Å². The fourth-order valence-corrected chi connectivity index (χ4v) is 2.19. The first-order chi connectivity index (χ1) is 9.29. The summed E-state index contributed by atoms with van der Waals surface area (Å²) in [5.74, 6) is 0.207. The molecule has 1 aromatic rings. The van der Waals surface area contributed by atoms with Gasteiger partial charge in [-0.05, 0) is 23.4 Å². The molecule has 1 atom stereocenters. The van der Waals surface area contributed by atoms with Crippen LogP contribution in [-0.4, -0.2) is 70.9 Å². The Bertz CT molecular complexity index is 383. The molecule has 2 heterocycles. The number of amides is 1.